The standard InChI is InChI=1S/C20H18F3N3O3.C4H8F2/c1-11(2)16(27)10-25-19(29)15-7-12(3)9-24-17(15)26-18(28)13-5-4-6-14(8-13)20(21,22)23;1-3-4(2,5)6/h4-9H,1,10H2,2-3H3,(H,25,29)(H,24,26,28);3H2,1-2H3. The number of amides is 2. The number of nitrogens with one attached hydrogen (secondary N) is 2. The molecule has 35 heavy (non-hydrogen) atoms. The quantitative estimate of drug-likeness (QED) is 0.384. The molecule has 6 nitrogen and oxygen atoms in total. The first-order valence-corrected chi connectivity index (χ1v) is 10.3. The van der Waals surface area contributed by atoms with Gasteiger partial charge in [-0.15, -0.1) is 0 Å². The fraction of sp³-hybridized carbons (Fsp3) is 0.333. The fourth-order valence-electron chi connectivity index (χ4n) is 2.27. The second-order valence-electron chi connectivity index (χ2n) is 7.75. The Morgan fingerprint density at radius 1 is 1.06 bits per heavy atom. The number of hydrogen-bond acceptors (Lipinski definition) is 4. The Kier molecular flexibility index (Phi) is 10.2. The van der Waals surface area contributed by atoms with Gasteiger partial charge in [-0.3, -0.25) is 14.4 Å². The van der Waals surface area contributed by atoms with Crippen LogP contribution in [0.25, 0.3) is 0 Å². The van der Waals surface area contributed by atoms with Crippen LogP contribution in [0.4, 0.5) is 27.8 Å². The largest absolute Gasteiger partial charge is 0.416 e. The van der Waals surface area contributed by atoms with Crippen LogP contribution in [0, 0.1) is 6.92 Å². The van der Waals surface area contributed by atoms with Gasteiger partial charge in [-0.05, 0) is 56.2 Å². The minimum Gasteiger partial charge on any atom is -0.344 e. The monoisotopic (exact) mass is 499 g/mol. The maximum Gasteiger partial charge on any atom is 0.416 e. The van der Waals surface area contributed by atoms with Crippen LogP contribution in [0.15, 0.2) is 48.7 Å². The molecule has 1 aromatic heterocycles. The van der Waals surface area contributed by atoms with Crippen molar-refractivity contribution in [2.24, 2.45) is 0 Å². The van der Waals surface area contributed by atoms with E-state index in [0.29, 0.717) is 11.6 Å². The molecule has 0 saturated heterocycles. The van der Waals surface area contributed by atoms with Crippen LogP contribution in [0.5, 0.6) is 0 Å². The molecule has 0 bridgehead atoms. The molecule has 2 rings (SSSR count). The molecule has 2 aromatic rings. The molecule has 1 aromatic carbocycles. The lowest BCUT2D eigenvalue weighted by Gasteiger charge is -2.12. The van der Waals surface area contributed by atoms with E-state index in [1.165, 1.54) is 32.2 Å². The maximum absolute atomic E-state index is 12.8. The summed E-state index contributed by atoms with van der Waals surface area (Å²) >= 11 is 0. The average Bonchev–Trinajstić information content (AvgIpc) is 2.77. The van der Waals surface area contributed by atoms with Crippen molar-refractivity contribution in [3.63, 3.8) is 0 Å². The molecule has 0 radical (unpaired) electrons. The number of ketones is 1. The van der Waals surface area contributed by atoms with Crippen LogP contribution in [0.1, 0.15) is 59.0 Å². The van der Waals surface area contributed by atoms with Gasteiger partial charge in [0.05, 0.1) is 17.7 Å². The Morgan fingerprint density at radius 3 is 2.17 bits per heavy atom. The van der Waals surface area contributed by atoms with E-state index < -0.39 is 29.5 Å². The first-order chi connectivity index (χ1) is 16.0. The van der Waals surface area contributed by atoms with E-state index in [1.54, 1.807) is 6.92 Å². The minimum atomic E-state index is -4.60. The highest BCUT2D eigenvalue weighted by Gasteiger charge is 2.31. The minimum absolute atomic E-state index is 0.0279. The molecular formula is C24H26F5N3O3. The zero-order valence-electron chi connectivity index (χ0n) is 19.6. The van der Waals surface area contributed by atoms with Crippen LogP contribution in [-0.2, 0) is 11.0 Å². The molecular weight excluding hydrogens is 473 g/mol. The number of benzene rings is 1. The van der Waals surface area contributed by atoms with Gasteiger partial charge in [0.2, 0.25) is 5.92 Å². The Bertz CT molecular complexity index is 1090. The lowest BCUT2D eigenvalue weighted by atomic mass is 10.1. The lowest BCUT2D eigenvalue weighted by Crippen LogP contribution is -2.31. The summed E-state index contributed by atoms with van der Waals surface area (Å²) < 4.78 is 61.4. The number of carbonyl (C=O) groups is 3. The summed E-state index contributed by atoms with van der Waals surface area (Å²) in [6.07, 6.45) is -3.27. The van der Waals surface area contributed by atoms with E-state index in [1.807, 2.05) is 0 Å². The number of aromatic nitrogens is 1. The topological polar surface area (TPSA) is 88.2 Å². The predicted molar refractivity (Wildman–Crippen MR) is 121 cm³/mol. The second kappa shape index (κ2) is 12.2. The zero-order chi connectivity index (χ0) is 27.0. The maximum atomic E-state index is 12.8. The second-order valence-corrected chi connectivity index (χ2v) is 7.75. The summed E-state index contributed by atoms with van der Waals surface area (Å²) in [6.45, 7) is 8.74. The molecule has 0 aliphatic rings. The van der Waals surface area contributed by atoms with Crippen molar-refractivity contribution < 1.29 is 36.3 Å². The molecule has 0 fully saturated rings. The number of halogens is 5. The smallest absolute Gasteiger partial charge is 0.344 e. The van der Waals surface area contributed by atoms with Crippen molar-refractivity contribution in [2.45, 2.75) is 46.2 Å². The van der Waals surface area contributed by atoms with E-state index in [-0.39, 0.29) is 41.3 Å². The van der Waals surface area contributed by atoms with Gasteiger partial charge in [-0.1, -0.05) is 19.6 Å². The molecule has 0 atom stereocenters. The number of pyridine rings is 1. The lowest BCUT2D eigenvalue weighted by molar-refractivity contribution is -0.137. The van der Waals surface area contributed by atoms with E-state index in [0.717, 1.165) is 19.1 Å². The van der Waals surface area contributed by atoms with Crippen molar-refractivity contribution in [2.75, 3.05) is 11.9 Å². The highest BCUT2D eigenvalue weighted by Crippen LogP contribution is 2.29. The van der Waals surface area contributed by atoms with Crippen molar-refractivity contribution >= 4 is 23.4 Å². The summed E-state index contributed by atoms with van der Waals surface area (Å²) in [5.74, 6) is -4.50. The van der Waals surface area contributed by atoms with E-state index in [2.05, 4.69) is 22.2 Å². The van der Waals surface area contributed by atoms with Crippen molar-refractivity contribution in [1.29, 1.82) is 0 Å². The third-order valence-corrected chi connectivity index (χ3v) is 4.46. The van der Waals surface area contributed by atoms with Gasteiger partial charge in [-0.2, -0.15) is 13.2 Å². The molecule has 1 heterocycles. The number of nitrogens with zero attached hydrogens (tertiary/aromatic N) is 1. The number of aryl methyl sites for hydroxylation is 1. The average molecular weight is 499 g/mol. The first kappa shape index (κ1) is 29.4. The van der Waals surface area contributed by atoms with Gasteiger partial charge < -0.3 is 10.6 Å². The summed E-state index contributed by atoms with van der Waals surface area (Å²) in [5, 5.41) is 4.74. The van der Waals surface area contributed by atoms with Crippen LogP contribution >= 0.6 is 0 Å². The highest BCUT2D eigenvalue weighted by atomic mass is 19.4. The molecule has 0 saturated carbocycles. The van der Waals surface area contributed by atoms with Gasteiger partial charge in [0, 0.05) is 18.2 Å². The van der Waals surface area contributed by atoms with Gasteiger partial charge in [-0.25, -0.2) is 13.8 Å². The number of Topliss-reactive ketones (excluding diaryl/α,β-unsaturated/α-hetero) is 1. The Balaban J connectivity index is 0.000000905. The summed E-state index contributed by atoms with van der Waals surface area (Å²) in [7, 11) is 0. The molecule has 190 valence electrons. The first-order valence-electron chi connectivity index (χ1n) is 10.3. The van der Waals surface area contributed by atoms with Gasteiger partial charge >= 0.3 is 6.18 Å². The van der Waals surface area contributed by atoms with E-state index >= 15 is 0 Å². The third kappa shape index (κ3) is 10.0. The number of alkyl halides is 5. The molecule has 0 spiro atoms. The number of carbonyl (C=O) groups excluding carboxylic acids is 3. The van der Waals surface area contributed by atoms with Crippen molar-refractivity contribution in [3.05, 3.63) is 70.9 Å². The fourth-order valence-corrected chi connectivity index (χ4v) is 2.27. The molecule has 11 heteroatoms. The molecule has 2 N–H and O–H groups in total. The molecule has 0 unspecified atom stereocenters. The van der Waals surface area contributed by atoms with Gasteiger partial charge in [0.15, 0.2) is 5.78 Å². The normalized spacial score (nSPS) is 11.1. The van der Waals surface area contributed by atoms with Crippen molar-refractivity contribution in [1.82, 2.24) is 10.3 Å². The molecule has 2 amide bonds. The third-order valence-electron chi connectivity index (χ3n) is 4.46. The number of rotatable bonds is 7. The Hall–Kier alpha value is -3.63. The van der Waals surface area contributed by atoms with Gasteiger partial charge in [0.1, 0.15) is 5.82 Å². The number of anilines is 1. The van der Waals surface area contributed by atoms with Crippen LogP contribution in [-0.4, -0.2) is 35.0 Å². The summed E-state index contributed by atoms with van der Waals surface area (Å²) in [6, 6.07) is 5.31. The number of hydrogen-bond donors (Lipinski definition) is 2. The van der Waals surface area contributed by atoms with E-state index in [4.69, 9.17) is 0 Å². The van der Waals surface area contributed by atoms with Gasteiger partial charge in [0.25, 0.3) is 11.8 Å². The molecule has 0 aliphatic heterocycles. The van der Waals surface area contributed by atoms with E-state index in [9.17, 15) is 36.3 Å². The highest BCUT2D eigenvalue weighted by molar-refractivity contribution is 6.09. The predicted octanol–water partition coefficient (Wildman–Crippen LogP) is 5.59. The summed E-state index contributed by atoms with van der Waals surface area (Å²) in [4.78, 5) is 40.4. The SMILES string of the molecule is C=C(C)C(=O)CNC(=O)c1cc(C)cnc1NC(=O)c1cccc(C(F)(F)F)c1.CCC(C)(F)F. The molecule has 0 aliphatic carbocycles. The van der Waals surface area contributed by atoms with Crippen molar-refractivity contribution in [3.8, 4) is 0 Å². The van der Waals surface area contributed by atoms with Crippen LogP contribution in [0.2, 0.25) is 0 Å². The van der Waals surface area contributed by atoms with Crippen LogP contribution < -0.4 is 10.6 Å². The summed E-state index contributed by atoms with van der Waals surface area (Å²) in [5.41, 5.74) is -0.367. The van der Waals surface area contributed by atoms with Crippen LogP contribution in [0.3, 0.4) is 0 Å². The Labute approximate surface area is 199 Å². The Morgan fingerprint density at radius 2 is 1.66 bits per heavy atom. The zero-order valence-corrected chi connectivity index (χ0v) is 19.6.